The van der Waals surface area contributed by atoms with Gasteiger partial charge >= 0.3 is 6.09 Å². The summed E-state index contributed by atoms with van der Waals surface area (Å²) in [5.74, 6) is 0. The number of hydrogen-bond acceptors (Lipinski definition) is 4. The first-order chi connectivity index (χ1) is 9.02. The van der Waals surface area contributed by atoms with Crippen molar-refractivity contribution in [3.63, 3.8) is 0 Å². The molecule has 3 N–H and O–H groups in total. The molecule has 0 aromatic rings. The van der Waals surface area contributed by atoms with Crippen molar-refractivity contribution >= 4 is 6.09 Å². The minimum Gasteiger partial charge on any atom is -0.444 e. The van der Waals surface area contributed by atoms with Crippen LogP contribution in [0.3, 0.4) is 0 Å². The topological polar surface area (TPSA) is 75.8 Å². The van der Waals surface area contributed by atoms with E-state index < -0.39 is 5.60 Å². The lowest BCUT2D eigenvalue weighted by Gasteiger charge is -2.34. The molecule has 1 saturated carbocycles. The molecule has 0 aromatic heterocycles. The van der Waals surface area contributed by atoms with Gasteiger partial charge in [0.25, 0.3) is 0 Å². The molecule has 2 fully saturated rings. The van der Waals surface area contributed by atoms with E-state index in [2.05, 4.69) is 0 Å². The highest BCUT2D eigenvalue weighted by Crippen LogP contribution is 2.32. The average Bonchev–Trinajstić information content (AvgIpc) is 2.69. The van der Waals surface area contributed by atoms with Gasteiger partial charge in [-0.3, -0.25) is 0 Å². The van der Waals surface area contributed by atoms with Crippen LogP contribution in [0.1, 0.15) is 51.9 Å². The van der Waals surface area contributed by atoms with Gasteiger partial charge in [0.1, 0.15) is 6.10 Å². The van der Waals surface area contributed by atoms with Crippen LogP contribution in [0.5, 0.6) is 0 Å². The molecule has 5 heteroatoms. The maximum atomic E-state index is 11.5. The summed E-state index contributed by atoms with van der Waals surface area (Å²) in [5, 5.41) is 10.5. The van der Waals surface area contributed by atoms with Gasteiger partial charge in [-0.2, -0.15) is 0 Å². The van der Waals surface area contributed by atoms with Crippen LogP contribution in [0.25, 0.3) is 0 Å². The van der Waals surface area contributed by atoms with Crippen LogP contribution in [0.4, 0.5) is 4.79 Å². The van der Waals surface area contributed by atoms with E-state index in [1.807, 2.05) is 6.92 Å². The van der Waals surface area contributed by atoms with Crippen molar-refractivity contribution in [2.75, 3.05) is 13.1 Å². The van der Waals surface area contributed by atoms with E-state index in [4.69, 9.17) is 10.5 Å². The fourth-order valence-corrected chi connectivity index (χ4v) is 3.28. The molecule has 19 heavy (non-hydrogen) atoms. The van der Waals surface area contributed by atoms with Crippen LogP contribution in [0, 0.1) is 0 Å². The van der Waals surface area contributed by atoms with E-state index in [-0.39, 0.29) is 18.2 Å². The maximum Gasteiger partial charge on any atom is 0.410 e. The Bertz CT molecular complexity index is 316. The zero-order chi connectivity index (χ0) is 13.9. The minimum atomic E-state index is -0.593. The molecule has 2 aliphatic rings. The summed E-state index contributed by atoms with van der Waals surface area (Å²) in [6, 6.07) is -0.0993. The van der Waals surface area contributed by atoms with Crippen molar-refractivity contribution in [3.05, 3.63) is 0 Å². The number of likely N-dealkylation sites (N-methyl/N-ethyl adjacent to an activating group) is 1. The van der Waals surface area contributed by atoms with Crippen molar-refractivity contribution in [1.82, 2.24) is 4.90 Å². The molecule has 1 heterocycles. The zero-order valence-electron chi connectivity index (χ0n) is 11.8. The summed E-state index contributed by atoms with van der Waals surface area (Å²) in [5.41, 5.74) is 5.54. The first-order valence-electron chi connectivity index (χ1n) is 7.46. The Morgan fingerprint density at radius 2 is 2.16 bits per heavy atom. The van der Waals surface area contributed by atoms with Gasteiger partial charge in [0, 0.05) is 19.0 Å². The lowest BCUT2D eigenvalue weighted by Crippen LogP contribution is -2.40. The third-order valence-electron chi connectivity index (χ3n) is 4.32. The van der Waals surface area contributed by atoms with Crippen LogP contribution in [-0.4, -0.2) is 46.9 Å². The molecule has 0 radical (unpaired) electrons. The van der Waals surface area contributed by atoms with E-state index in [1.54, 1.807) is 4.90 Å². The summed E-state index contributed by atoms with van der Waals surface area (Å²) >= 11 is 0. The van der Waals surface area contributed by atoms with Crippen molar-refractivity contribution in [2.24, 2.45) is 5.73 Å². The third kappa shape index (κ3) is 3.83. The lowest BCUT2D eigenvalue weighted by atomic mass is 9.80. The van der Waals surface area contributed by atoms with Crippen molar-refractivity contribution in [2.45, 2.75) is 69.6 Å². The van der Waals surface area contributed by atoms with Crippen LogP contribution >= 0.6 is 0 Å². The molecule has 1 aliphatic carbocycles. The first-order valence-corrected chi connectivity index (χ1v) is 7.46. The number of ether oxygens (including phenoxy) is 1. The van der Waals surface area contributed by atoms with Gasteiger partial charge in [-0.15, -0.1) is 0 Å². The SMILES string of the molecule is CCN1C[C@H](C[C@H](N)CC2(O)CCCCC2)OC1=O. The van der Waals surface area contributed by atoms with E-state index in [0.29, 0.717) is 25.9 Å². The summed E-state index contributed by atoms with van der Waals surface area (Å²) in [6.07, 6.45) is 6.00. The molecule has 5 nitrogen and oxygen atoms in total. The molecule has 0 aromatic carbocycles. The average molecular weight is 270 g/mol. The maximum absolute atomic E-state index is 11.5. The third-order valence-corrected chi connectivity index (χ3v) is 4.32. The number of amides is 1. The smallest absolute Gasteiger partial charge is 0.410 e. The van der Waals surface area contributed by atoms with Crippen LogP contribution in [0.2, 0.25) is 0 Å². The lowest BCUT2D eigenvalue weighted by molar-refractivity contribution is -0.0123. The van der Waals surface area contributed by atoms with Crippen molar-refractivity contribution in [3.8, 4) is 0 Å². The highest BCUT2D eigenvalue weighted by atomic mass is 16.6. The molecule has 0 spiro atoms. The second-order valence-corrected chi connectivity index (χ2v) is 6.03. The van der Waals surface area contributed by atoms with E-state index in [9.17, 15) is 9.90 Å². The second kappa shape index (κ2) is 6.09. The van der Waals surface area contributed by atoms with Gasteiger partial charge in [-0.25, -0.2) is 4.79 Å². The quantitative estimate of drug-likeness (QED) is 0.796. The van der Waals surface area contributed by atoms with Gasteiger partial charge in [-0.05, 0) is 26.2 Å². The standard InChI is InChI=1S/C14H26N2O3/c1-2-16-10-12(19-13(16)17)8-11(15)9-14(18)6-4-3-5-7-14/h11-12,18H,2-10,15H2,1H3/t11-,12-/m0/s1. The summed E-state index contributed by atoms with van der Waals surface area (Å²) < 4.78 is 5.28. The molecule has 0 unspecified atom stereocenters. The number of nitrogens with zero attached hydrogens (tertiary/aromatic N) is 1. The molecule has 2 atom stereocenters. The fraction of sp³-hybridized carbons (Fsp3) is 0.929. The predicted octanol–water partition coefficient (Wildman–Crippen LogP) is 1.63. The van der Waals surface area contributed by atoms with Crippen LogP contribution in [-0.2, 0) is 4.74 Å². The molecular weight excluding hydrogens is 244 g/mol. The Morgan fingerprint density at radius 3 is 2.74 bits per heavy atom. The highest BCUT2D eigenvalue weighted by Gasteiger charge is 2.35. The Morgan fingerprint density at radius 1 is 1.47 bits per heavy atom. The second-order valence-electron chi connectivity index (χ2n) is 6.03. The van der Waals surface area contributed by atoms with E-state index >= 15 is 0 Å². The monoisotopic (exact) mass is 270 g/mol. The Labute approximate surface area is 115 Å². The minimum absolute atomic E-state index is 0.0993. The van der Waals surface area contributed by atoms with E-state index in [0.717, 1.165) is 25.7 Å². The largest absolute Gasteiger partial charge is 0.444 e. The summed E-state index contributed by atoms with van der Waals surface area (Å²) in [4.78, 5) is 13.2. The van der Waals surface area contributed by atoms with Gasteiger partial charge in [0.05, 0.1) is 12.1 Å². The molecule has 1 saturated heterocycles. The molecular formula is C14H26N2O3. The Hall–Kier alpha value is -0.810. The van der Waals surface area contributed by atoms with Crippen molar-refractivity contribution < 1.29 is 14.6 Å². The van der Waals surface area contributed by atoms with Crippen LogP contribution < -0.4 is 5.73 Å². The van der Waals surface area contributed by atoms with Gasteiger partial charge < -0.3 is 20.5 Å². The predicted molar refractivity (Wildman–Crippen MR) is 72.8 cm³/mol. The summed E-state index contributed by atoms with van der Waals surface area (Å²) in [6.45, 7) is 3.24. The highest BCUT2D eigenvalue weighted by molar-refractivity contribution is 5.69. The van der Waals surface area contributed by atoms with Gasteiger partial charge in [0.15, 0.2) is 0 Å². The molecule has 110 valence electrons. The van der Waals surface area contributed by atoms with Crippen LogP contribution in [0.15, 0.2) is 0 Å². The first kappa shape index (κ1) is 14.6. The Balaban J connectivity index is 1.78. The molecule has 1 aliphatic heterocycles. The number of aliphatic hydroxyl groups is 1. The Kier molecular flexibility index (Phi) is 4.68. The van der Waals surface area contributed by atoms with E-state index in [1.165, 1.54) is 6.42 Å². The number of carbonyl (C=O) groups excluding carboxylic acids is 1. The van der Waals surface area contributed by atoms with Crippen molar-refractivity contribution in [1.29, 1.82) is 0 Å². The van der Waals surface area contributed by atoms with Gasteiger partial charge in [0.2, 0.25) is 0 Å². The molecule has 0 bridgehead atoms. The summed E-state index contributed by atoms with van der Waals surface area (Å²) in [7, 11) is 0. The number of nitrogens with two attached hydrogens (primary N) is 1. The number of carbonyl (C=O) groups is 1. The van der Waals surface area contributed by atoms with Gasteiger partial charge in [-0.1, -0.05) is 19.3 Å². The number of cyclic esters (lactones) is 1. The fourth-order valence-electron chi connectivity index (χ4n) is 3.28. The molecule has 2 rings (SSSR count). The zero-order valence-corrected chi connectivity index (χ0v) is 11.8. The number of rotatable bonds is 5. The number of hydrogen-bond donors (Lipinski definition) is 2. The molecule has 1 amide bonds. The normalized spacial score (nSPS) is 28.3.